The van der Waals surface area contributed by atoms with Gasteiger partial charge in [-0.3, -0.25) is 29.3 Å². The Bertz CT molecular complexity index is 2250. The lowest BCUT2D eigenvalue weighted by Gasteiger charge is -2.37. The maximum atomic E-state index is 15.1. The van der Waals surface area contributed by atoms with Crippen molar-refractivity contribution in [2.45, 2.75) is 75.9 Å². The number of piperidine rings is 1. The number of rotatable bonds is 10. The molecular weight excluding hydrogens is 708 g/mol. The Hall–Kier alpha value is -5.44. The third-order valence-electron chi connectivity index (χ3n) is 11.6. The smallest absolute Gasteiger partial charge is 0.260 e. The van der Waals surface area contributed by atoms with Crippen LogP contribution in [0.25, 0.3) is 16.6 Å². The Balaban J connectivity index is 0.781. The number of benzene rings is 2. The summed E-state index contributed by atoms with van der Waals surface area (Å²) >= 11 is 0. The van der Waals surface area contributed by atoms with Gasteiger partial charge in [0.1, 0.15) is 17.4 Å². The Morgan fingerprint density at radius 1 is 0.964 bits per heavy atom. The van der Waals surface area contributed by atoms with Gasteiger partial charge in [0.15, 0.2) is 11.5 Å². The van der Waals surface area contributed by atoms with E-state index in [-0.39, 0.29) is 36.5 Å². The molecule has 4 aliphatic rings. The first-order chi connectivity index (χ1) is 26.8. The van der Waals surface area contributed by atoms with Crippen LogP contribution in [0.15, 0.2) is 55.0 Å². The fourth-order valence-corrected chi connectivity index (χ4v) is 8.35. The number of carbonyl (C=O) groups is 3. The molecular formula is C40H43F2N9O4. The Morgan fingerprint density at radius 3 is 2.49 bits per heavy atom. The SMILES string of the molecule is O=C1CCC(c2c(F)cc(N3CCN(CCC4CCC(n5cc6cc(C(=O)Nc7cnc8cccnn78)c(OC7CC7)cc6n5)CC4)CC3)cc2F)C(=O)N1. The van der Waals surface area contributed by atoms with E-state index in [2.05, 4.69) is 30.3 Å². The fraction of sp³-hybridized carbons (Fsp3) is 0.450. The largest absolute Gasteiger partial charge is 0.490 e. The lowest BCUT2D eigenvalue weighted by molar-refractivity contribution is -0.134. The van der Waals surface area contributed by atoms with Crippen LogP contribution in [0, 0.1) is 17.6 Å². The molecule has 55 heavy (non-hydrogen) atoms. The standard InChI is InChI=1S/C40H43F2N9O4/c41-31-19-27(20-32(42)38(31)29-9-10-37(52)46-39(29)53)49-16-14-48(15-17-49)13-11-24-3-5-26(6-4-24)50-23-25-18-30(34(21-33(25)47-50)55-28-7-8-28)40(54)45-36-22-43-35-2-1-12-44-51(35)36/h1-2,12,18-24,26,28-29H,3-11,13-17H2,(H,45,54)(H,46,52,53). The van der Waals surface area contributed by atoms with Gasteiger partial charge in [-0.25, -0.2) is 13.8 Å². The van der Waals surface area contributed by atoms with Crippen LogP contribution >= 0.6 is 0 Å². The number of carbonyl (C=O) groups excluding carboxylic acids is 3. The third kappa shape index (κ3) is 7.36. The second-order valence-corrected chi connectivity index (χ2v) is 15.3. The van der Waals surface area contributed by atoms with E-state index in [0.29, 0.717) is 47.5 Å². The molecule has 2 saturated carbocycles. The predicted molar refractivity (Wildman–Crippen MR) is 200 cm³/mol. The molecule has 1 atom stereocenters. The number of imide groups is 1. The van der Waals surface area contributed by atoms with E-state index in [4.69, 9.17) is 9.84 Å². The van der Waals surface area contributed by atoms with Gasteiger partial charge >= 0.3 is 0 Å². The van der Waals surface area contributed by atoms with E-state index < -0.39 is 29.4 Å². The fourth-order valence-electron chi connectivity index (χ4n) is 8.35. The molecule has 5 aromatic rings. The summed E-state index contributed by atoms with van der Waals surface area (Å²) in [6.45, 7) is 3.90. The molecule has 0 bridgehead atoms. The molecule has 13 nitrogen and oxygen atoms in total. The zero-order valence-corrected chi connectivity index (χ0v) is 30.4. The summed E-state index contributed by atoms with van der Waals surface area (Å²) in [7, 11) is 0. The summed E-state index contributed by atoms with van der Waals surface area (Å²) in [6.07, 6.45) is 12.9. The molecule has 15 heteroatoms. The van der Waals surface area contributed by atoms with E-state index in [1.165, 1.54) is 12.1 Å². The highest BCUT2D eigenvalue weighted by atomic mass is 19.1. The molecule has 2 N–H and O–H groups in total. The lowest BCUT2D eigenvalue weighted by Crippen LogP contribution is -2.47. The summed E-state index contributed by atoms with van der Waals surface area (Å²) in [5, 5.41) is 15.3. The van der Waals surface area contributed by atoms with Gasteiger partial charge in [0.2, 0.25) is 11.8 Å². The third-order valence-corrected chi connectivity index (χ3v) is 11.6. The Labute approximate surface area is 316 Å². The van der Waals surface area contributed by atoms with Crippen LogP contribution in [0.2, 0.25) is 0 Å². The summed E-state index contributed by atoms with van der Waals surface area (Å²) in [6, 6.07) is 10.3. The second kappa shape index (κ2) is 14.7. The molecule has 286 valence electrons. The van der Waals surface area contributed by atoms with Crippen LogP contribution in [-0.4, -0.2) is 85.8 Å². The van der Waals surface area contributed by atoms with E-state index in [1.807, 2.05) is 29.3 Å². The first-order valence-electron chi connectivity index (χ1n) is 19.4. The van der Waals surface area contributed by atoms with Gasteiger partial charge in [-0.2, -0.15) is 14.7 Å². The van der Waals surface area contributed by atoms with Crippen molar-refractivity contribution in [3.05, 3.63) is 77.8 Å². The van der Waals surface area contributed by atoms with Gasteiger partial charge < -0.3 is 15.0 Å². The van der Waals surface area contributed by atoms with E-state index >= 15 is 8.78 Å². The van der Waals surface area contributed by atoms with Crippen LogP contribution in [0.5, 0.6) is 5.75 Å². The number of anilines is 2. The number of nitrogens with one attached hydrogen (secondary N) is 2. The molecule has 9 rings (SSSR count). The molecule has 2 aliphatic carbocycles. The minimum absolute atomic E-state index is 0.0637. The molecule has 2 aromatic carbocycles. The quantitative estimate of drug-likeness (QED) is 0.174. The number of halogens is 2. The highest BCUT2D eigenvalue weighted by Crippen LogP contribution is 2.37. The van der Waals surface area contributed by atoms with Crippen molar-refractivity contribution >= 4 is 45.8 Å². The molecule has 2 saturated heterocycles. The van der Waals surface area contributed by atoms with Gasteiger partial charge in [-0.05, 0) is 94.2 Å². The molecule has 3 aromatic heterocycles. The number of hydrogen-bond acceptors (Lipinski definition) is 9. The molecule has 1 unspecified atom stereocenters. The molecule has 5 heterocycles. The second-order valence-electron chi connectivity index (χ2n) is 15.3. The van der Waals surface area contributed by atoms with Crippen LogP contribution in [0.3, 0.4) is 0 Å². The van der Waals surface area contributed by atoms with Crippen LogP contribution in [-0.2, 0) is 9.59 Å². The van der Waals surface area contributed by atoms with Crippen LogP contribution < -0.4 is 20.3 Å². The normalized spacial score (nSPS) is 22.3. The summed E-state index contributed by atoms with van der Waals surface area (Å²) in [5.41, 5.74) is 2.12. The predicted octanol–water partition coefficient (Wildman–Crippen LogP) is 5.61. The molecule has 0 spiro atoms. The number of nitrogens with zero attached hydrogens (tertiary/aromatic N) is 7. The monoisotopic (exact) mass is 751 g/mol. The Morgan fingerprint density at radius 2 is 1.75 bits per heavy atom. The van der Waals surface area contributed by atoms with Crippen molar-refractivity contribution in [2.24, 2.45) is 5.92 Å². The van der Waals surface area contributed by atoms with Crippen molar-refractivity contribution in [3.63, 3.8) is 0 Å². The maximum absolute atomic E-state index is 15.1. The van der Waals surface area contributed by atoms with Crippen LogP contribution in [0.1, 0.15) is 85.7 Å². The van der Waals surface area contributed by atoms with Crippen LogP contribution in [0.4, 0.5) is 20.3 Å². The number of piperazine rings is 1. The average Bonchev–Trinajstić information content (AvgIpc) is 3.76. The number of hydrogen-bond donors (Lipinski definition) is 2. The number of aromatic nitrogens is 5. The number of amides is 3. The number of fused-ring (bicyclic) bond motifs is 2. The first kappa shape index (κ1) is 35.3. The van der Waals surface area contributed by atoms with Gasteiger partial charge in [-0.1, -0.05) is 0 Å². The van der Waals surface area contributed by atoms with Gasteiger partial charge in [-0.15, -0.1) is 0 Å². The van der Waals surface area contributed by atoms with Crippen molar-refractivity contribution < 1.29 is 27.9 Å². The average molecular weight is 752 g/mol. The topological polar surface area (TPSA) is 139 Å². The minimum atomic E-state index is -1.00. The van der Waals surface area contributed by atoms with E-state index in [0.717, 1.165) is 75.5 Å². The minimum Gasteiger partial charge on any atom is -0.490 e. The highest BCUT2D eigenvalue weighted by Gasteiger charge is 2.34. The van der Waals surface area contributed by atoms with Gasteiger partial charge in [0, 0.05) is 67.7 Å². The lowest BCUT2D eigenvalue weighted by atomic mass is 9.84. The Kier molecular flexibility index (Phi) is 9.40. The number of ether oxygens (including phenoxy) is 1. The molecule has 3 amide bonds. The van der Waals surface area contributed by atoms with Crippen molar-refractivity contribution in [2.75, 3.05) is 42.9 Å². The molecule has 4 fully saturated rings. The number of imidazole rings is 1. The highest BCUT2D eigenvalue weighted by molar-refractivity contribution is 6.08. The molecule has 0 radical (unpaired) electrons. The zero-order valence-electron chi connectivity index (χ0n) is 30.4. The summed E-state index contributed by atoms with van der Waals surface area (Å²) in [4.78, 5) is 46.1. The van der Waals surface area contributed by atoms with E-state index in [1.54, 1.807) is 23.0 Å². The van der Waals surface area contributed by atoms with Crippen molar-refractivity contribution in [3.8, 4) is 5.75 Å². The van der Waals surface area contributed by atoms with Gasteiger partial charge in [0.25, 0.3) is 5.91 Å². The summed E-state index contributed by atoms with van der Waals surface area (Å²) < 4.78 is 40.2. The van der Waals surface area contributed by atoms with Gasteiger partial charge in [0.05, 0.1) is 35.3 Å². The zero-order chi connectivity index (χ0) is 37.6. The first-order valence-corrected chi connectivity index (χ1v) is 19.4. The van der Waals surface area contributed by atoms with E-state index in [9.17, 15) is 14.4 Å². The maximum Gasteiger partial charge on any atom is 0.260 e. The summed E-state index contributed by atoms with van der Waals surface area (Å²) in [5.74, 6) is -2.22. The molecule has 2 aliphatic heterocycles. The van der Waals surface area contributed by atoms with Crippen molar-refractivity contribution in [1.29, 1.82) is 0 Å². The van der Waals surface area contributed by atoms with Crippen molar-refractivity contribution in [1.82, 2.24) is 34.6 Å².